The van der Waals surface area contributed by atoms with Gasteiger partial charge in [-0.15, -0.1) is 0 Å². The molecule has 5 nitrogen and oxygen atoms in total. The topological polar surface area (TPSA) is 76.3 Å². The average Bonchev–Trinajstić information content (AvgIpc) is 2.78. The van der Waals surface area contributed by atoms with Crippen molar-refractivity contribution in [2.24, 2.45) is 0 Å². The first kappa shape index (κ1) is 12.3. The third-order valence-electron chi connectivity index (χ3n) is 3.20. The maximum Gasteiger partial charge on any atom is 0.246 e. The molecule has 2 N–H and O–H groups in total. The van der Waals surface area contributed by atoms with E-state index >= 15 is 0 Å². The molecule has 0 saturated carbocycles. The van der Waals surface area contributed by atoms with Crippen molar-refractivity contribution in [1.29, 1.82) is 0 Å². The van der Waals surface area contributed by atoms with E-state index in [4.69, 9.17) is 5.73 Å². The second-order valence-electron chi connectivity index (χ2n) is 4.23. The Morgan fingerprint density at radius 3 is 3.00 bits per heavy atom. The van der Waals surface area contributed by atoms with Crippen LogP contribution in [0.2, 0.25) is 0 Å². The molecule has 2 rings (SSSR count). The maximum atomic E-state index is 12.4. The van der Waals surface area contributed by atoms with E-state index in [1.165, 1.54) is 18.5 Å². The molecule has 94 valence electrons. The maximum absolute atomic E-state index is 12.4. The highest BCUT2D eigenvalue weighted by atomic mass is 32.2. The molecule has 1 saturated heterocycles. The van der Waals surface area contributed by atoms with E-state index < -0.39 is 10.0 Å². The van der Waals surface area contributed by atoms with Gasteiger partial charge in [-0.2, -0.15) is 4.31 Å². The SMILES string of the molecule is CCC1CCCN1S(=O)(=O)c1cnccc1N. The number of aromatic nitrogens is 1. The molecule has 1 aliphatic heterocycles. The Kier molecular flexibility index (Phi) is 3.35. The first-order valence-corrected chi connectivity index (χ1v) is 7.22. The number of hydrogen-bond donors (Lipinski definition) is 1. The van der Waals surface area contributed by atoms with Gasteiger partial charge in [-0.1, -0.05) is 6.92 Å². The first-order chi connectivity index (χ1) is 8.07. The lowest BCUT2D eigenvalue weighted by molar-refractivity contribution is 0.380. The molecule has 0 radical (unpaired) electrons. The lowest BCUT2D eigenvalue weighted by Gasteiger charge is -2.23. The predicted octanol–water partition coefficient (Wildman–Crippen LogP) is 1.23. The molecule has 1 fully saturated rings. The summed E-state index contributed by atoms with van der Waals surface area (Å²) in [5.74, 6) is 0. The van der Waals surface area contributed by atoms with Crippen LogP contribution in [0.5, 0.6) is 0 Å². The standard InChI is InChI=1S/C11H17N3O2S/c1-2-9-4-3-7-14(9)17(15,16)11-8-13-6-5-10(11)12/h5-6,8-9H,2-4,7H2,1H3,(H2,12,13). The molecule has 1 atom stereocenters. The van der Waals surface area contributed by atoms with Gasteiger partial charge in [0.15, 0.2) is 0 Å². The van der Waals surface area contributed by atoms with Crippen LogP contribution in [0.3, 0.4) is 0 Å². The smallest absolute Gasteiger partial charge is 0.246 e. The van der Waals surface area contributed by atoms with Gasteiger partial charge in [0.2, 0.25) is 10.0 Å². The molecule has 0 spiro atoms. The first-order valence-electron chi connectivity index (χ1n) is 5.78. The molecule has 1 unspecified atom stereocenters. The van der Waals surface area contributed by atoms with Crippen LogP contribution in [0.1, 0.15) is 26.2 Å². The second-order valence-corrected chi connectivity index (χ2v) is 6.09. The van der Waals surface area contributed by atoms with Crippen LogP contribution >= 0.6 is 0 Å². The number of anilines is 1. The van der Waals surface area contributed by atoms with Crippen LogP contribution in [-0.2, 0) is 10.0 Å². The largest absolute Gasteiger partial charge is 0.398 e. The molecule has 2 heterocycles. The molecule has 1 aromatic heterocycles. The van der Waals surface area contributed by atoms with Crippen molar-refractivity contribution in [3.63, 3.8) is 0 Å². The van der Waals surface area contributed by atoms with E-state index in [1.807, 2.05) is 6.92 Å². The molecule has 0 bridgehead atoms. The zero-order valence-corrected chi connectivity index (χ0v) is 10.7. The number of sulfonamides is 1. The van der Waals surface area contributed by atoms with Gasteiger partial charge >= 0.3 is 0 Å². The number of hydrogen-bond acceptors (Lipinski definition) is 4. The summed E-state index contributed by atoms with van der Waals surface area (Å²) in [7, 11) is -3.48. The van der Waals surface area contributed by atoms with Crippen molar-refractivity contribution in [2.45, 2.75) is 37.1 Å². The summed E-state index contributed by atoms with van der Waals surface area (Å²) in [6.07, 6.45) is 5.50. The van der Waals surface area contributed by atoms with Crippen molar-refractivity contribution < 1.29 is 8.42 Å². The third-order valence-corrected chi connectivity index (χ3v) is 5.19. The molecule has 1 aromatic rings. The fourth-order valence-electron chi connectivity index (χ4n) is 2.27. The predicted molar refractivity (Wildman–Crippen MR) is 65.9 cm³/mol. The van der Waals surface area contributed by atoms with Crippen LogP contribution in [0.4, 0.5) is 5.69 Å². The van der Waals surface area contributed by atoms with E-state index in [2.05, 4.69) is 4.98 Å². The minimum absolute atomic E-state index is 0.0969. The van der Waals surface area contributed by atoms with Gasteiger partial charge in [0, 0.05) is 25.0 Å². The Morgan fingerprint density at radius 1 is 1.59 bits per heavy atom. The van der Waals surface area contributed by atoms with Gasteiger partial charge < -0.3 is 5.73 Å². The summed E-state index contributed by atoms with van der Waals surface area (Å²) in [6, 6.07) is 1.61. The molecular formula is C11H17N3O2S. The highest BCUT2D eigenvalue weighted by molar-refractivity contribution is 7.89. The average molecular weight is 255 g/mol. The van der Waals surface area contributed by atoms with Crippen molar-refractivity contribution in [2.75, 3.05) is 12.3 Å². The van der Waals surface area contributed by atoms with Gasteiger partial charge in [-0.25, -0.2) is 8.42 Å². The lowest BCUT2D eigenvalue weighted by Crippen LogP contribution is -2.35. The number of nitrogens with two attached hydrogens (primary N) is 1. The van der Waals surface area contributed by atoms with E-state index in [-0.39, 0.29) is 16.6 Å². The molecule has 6 heteroatoms. The zero-order valence-electron chi connectivity index (χ0n) is 9.83. The fourth-order valence-corrected chi connectivity index (χ4v) is 4.10. The minimum Gasteiger partial charge on any atom is -0.398 e. The number of nitrogens with zero attached hydrogens (tertiary/aromatic N) is 2. The van der Waals surface area contributed by atoms with E-state index in [1.54, 1.807) is 4.31 Å². The monoisotopic (exact) mass is 255 g/mol. The number of nitrogen functional groups attached to an aromatic ring is 1. The Morgan fingerprint density at radius 2 is 2.35 bits per heavy atom. The van der Waals surface area contributed by atoms with Crippen molar-refractivity contribution in [3.8, 4) is 0 Å². The van der Waals surface area contributed by atoms with Crippen LogP contribution < -0.4 is 5.73 Å². The summed E-state index contributed by atoms with van der Waals surface area (Å²) < 4.78 is 26.4. The summed E-state index contributed by atoms with van der Waals surface area (Å²) in [6.45, 7) is 2.58. The van der Waals surface area contributed by atoms with E-state index in [0.29, 0.717) is 6.54 Å². The second kappa shape index (κ2) is 4.62. The van der Waals surface area contributed by atoms with Gasteiger partial charge in [0.1, 0.15) is 4.90 Å². The molecule has 0 aromatic carbocycles. The normalized spacial score (nSPS) is 21.8. The minimum atomic E-state index is -3.48. The Hall–Kier alpha value is -1.14. The Balaban J connectivity index is 2.40. The molecule has 1 aliphatic rings. The van der Waals surface area contributed by atoms with Crippen LogP contribution in [-0.4, -0.2) is 30.3 Å². The molecular weight excluding hydrogens is 238 g/mol. The quantitative estimate of drug-likeness (QED) is 0.881. The summed E-state index contributed by atoms with van der Waals surface area (Å²) >= 11 is 0. The molecule has 0 amide bonds. The summed E-state index contributed by atoms with van der Waals surface area (Å²) in [5, 5.41) is 0. The zero-order chi connectivity index (χ0) is 12.5. The highest BCUT2D eigenvalue weighted by Gasteiger charge is 2.35. The van der Waals surface area contributed by atoms with Crippen LogP contribution in [0.15, 0.2) is 23.4 Å². The van der Waals surface area contributed by atoms with Gasteiger partial charge in [0.25, 0.3) is 0 Å². The van der Waals surface area contributed by atoms with Gasteiger partial charge in [-0.3, -0.25) is 4.98 Å². The number of rotatable bonds is 3. The number of pyridine rings is 1. The van der Waals surface area contributed by atoms with Crippen LogP contribution in [0.25, 0.3) is 0 Å². The third kappa shape index (κ3) is 2.14. The van der Waals surface area contributed by atoms with Crippen molar-refractivity contribution in [3.05, 3.63) is 18.5 Å². The molecule has 0 aliphatic carbocycles. The summed E-state index contributed by atoms with van der Waals surface area (Å²) in [5.41, 5.74) is 5.98. The fraction of sp³-hybridized carbons (Fsp3) is 0.545. The van der Waals surface area contributed by atoms with E-state index in [0.717, 1.165) is 19.3 Å². The Labute approximate surface area is 102 Å². The van der Waals surface area contributed by atoms with Crippen molar-refractivity contribution >= 4 is 15.7 Å². The van der Waals surface area contributed by atoms with Crippen LogP contribution in [0, 0.1) is 0 Å². The van der Waals surface area contributed by atoms with Crippen molar-refractivity contribution in [1.82, 2.24) is 9.29 Å². The van der Waals surface area contributed by atoms with Gasteiger partial charge in [0.05, 0.1) is 5.69 Å². The van der Waals surface area contributed by atoms with E-state index in [9.17, 15) is 8.42 Å². The van der Waals surface area contributed by atoms with Gasteiger partial charge in [-0.05, 0) is 25.3 Å². The highest BCUT2D eigenvalue weighted by Crippen LogP contribution is 2.29. The summed E-state index contributed by atoms with van der Waals surface area (Å²) in [4.78, 5) is 3.97. The Bertz CT molecular complexity index is 501. The molecule has 17 heavy (non-hydrogen) atoms. The lowest BCUT2D eigenvalue weighted by atomic mass is 10.2.